The summed E-state index contributed by atoms with van der Waals surface area (Å²) in [5.41, 5.74) is 5.20. The molecule has 3 N–H and O–H groups in total. The standard InChI is InChI=1S/C21H24N2O2/c24-21(23-25)15-9-17-6-10-18(11-7-17)20-14-13-19(22-20)12-8-16-4-2-1-3-5-16/h1-7,9-11,15,19-20,22,25H,8,12-14H2,(H,23,24)/b15-9+. The lowest BCUT2D eigenvalue weighted by Gasteiger charge is -2.15. The highest BCUT2D eigenvalue weighted by Crippen LogP contribution is 2.28. The predicted octanol–water partition coefficient (Wildman–Crippen LogP) is 3.63. The summed E-state index contributed by atoms with van der Waals surface area (Å²) in [5.74, 6) is -0.525. The van der Waals surface area contributed by atoms with Crippen molar-refractivity contribution in [2.75, 3.05) is 0 Å². The molecule has 25 heavy (non-hydrogen) atoms. The van der Waals surface area contributed by atoms with Gasteiger partial charge in [0.15, 0.2) is 0 Å². The number of carbonyl (C=O) groups excluding carboxylic acids is 1. The second kappa shape index (κ2) is 8.60. The first-order chi connectivity index (χ1) is 12.2. The fourth-order valence-electron chi connectivity index (χ4n) is 3.34. The molecule has 2 aromatic rings. The molecule has 0 aliphatic carbocycles. The molecule has 1 fully saturated rings. The lowest BCUT2D eigenvalue weighted by molar-refractivity contribution is -0.124. The van der Waals surface area contributed by atoms with Crippen molar-refractivity contribution in [3.05, 3.63) is 77.4 Å². The van der Waals surface area contributed by atoms with Gasteiger partial charge in [-0.15, -0.1) is 0 Å². The maximum absolute atomic E-state index is 11.0. The van der Waals surface area contributed by atoms with Crippen LogP contribution in [-0.4, -0.2) is 17.2 Å². The van der Waals surface area contributed by atoms with Gasteiger partial charge >= 0.3 is 0 Å². The maximum Gasteiger partial charge on any atom is 0.267 e. The van der Waals surface area contributed by atoms with Crippen molar-refractivity contribution in [3.8, 4) is 0 Å². The number of nitrogens with one attached hydrogen (secondary N) is 2. The number of aryl methyl sites for hydroxylation is 1. The Bertz CT molecular complexity index is 710. The number of carbonyl (C=O) groups is 1. The van der Waals surface area contributed by atoms with Crippen molar-refractivity contribution >= 4 is 12.0 Å². The largest absolute Gasteiger partial charge is 0.307 e. The lowest BCUT2D eigenvalue weighted by atomic mass is 10.0. The Hall–Kier alpha value is -2.43. The Morgan fingerprint density at radius 1 is 1.12 bits per heavy atom. The van der Waals surface area contributed by atoms with Gasteiger partial charge in [-0.3, -0.25) is 10.0 Å². The van der Waals surface area contributed by atoms with Gasteiger partial charge < -0.3 is 5.32 Å². The summed E-state index contributed by atoms with van der Waals surface area (Å²) >= 11 is 0. The highest BCUT2D eigenvalue weighted by atomic mass is 16.5. The van der Waals surface area contributed by atoms with E-state index in [0.717, 1.165) is 24.8 Å². The van der Waals surface area contributed by atoms with Crippen LogP contribution in [0, 0.1) is 0 Å². The van der Waals surface area contributed by atoms with Crippen molar-refractivity contribution in [1.29, 1.82) is 0 Å². The molecule has 1 aliphatic heterocycles. The third-order valence-electron chi connectivity index (χ3n) is 4.74. The summed E-state index contributed by atoms with van der Waals surface area (Å²) in [6.45, 7) is 0. The highest BCUT2D eigenvalue weighted by molar-refractivity contribution is 5.90. The first-order valence-corrected chi connectivity index (χ1v) is 8.76. The van der Waals surface area contributed by atoms with E-state index in [9.17, 15) is 4.79 Å². The zero-order valence-corrected chi connectivity index (χ0v) is 14.2. The highest BCUT2D eigenvalue weighted by Gasteiger charge is 2.24. The SMILES string of the molecule is O=C(/C=C/c1ccc(C2CCC(CCc3ccccc3)N2)cc1)NO. The molecule has 2 atom stereocenters. The Morgan fingerprint density at radius 3 is 2.60 bits per heavy atom. The van der Waals surface area contributed by atoms with Crippen LogP contribution in [0.4, 0.5) is 0 Å². The quantitative estimate of drug-likeness (QED) is 0.429. The Morgan fingerprint density at radius 2 is 1.88 bits per heavy atom. The second-order valence-corrected chi connectivity index (χ2v) is 6.49. The van der Waals surface area contributed by atoms with Crippen LogP contribution in [0.5, 0.6) is 0 Å². The minimum Gasteiger partial charge on any atom is -0.307 e. The number of hydrogen-bond acceptors (Lipinski definition) is 3. The van der Waals surface area contributed by atoms with Gasteiger partial charge in [0.1, 0.15) is 0 Å². The van der Waals surface area contributed by atoms with Gasteiger partial charge in [0.05, 0.1) is 0 Å². The molecule has 0 aromatic heterocycles. The number of hydroxylamine groups is 1. The van der Waals surface area contributed by atoms with Crippen LogP contribution < -0.4 is 10.8 Å². The van der Waals surface area contributed by atoms with E-state index in [1.165, 1.54) is 23.6 Å². The molecule has 2 aromatic carbocycles. The van der Waals surface area contributed by atoms with Crippen LogP contribution in [0.3, 0.4) is 0 Å². The Labute approximate surface area is 148 Å². The third-order valence-corrected chi connectivity index (χ3v) is 4.74. The molecule has 0 saturated carbocycles. The average molecular weight is 336 g/mol. The van der Waals surface area contributed by atoms with Crippen LogP contribution in [0.15, 0.2) is 60.7 Å². The first kappa shape index (κ1) is 17.4. The molecule has 0 radical (unpaired) electrons. The molecule has 4 nitrogen and oxygen atoms in total. The van der Waals surface area contributed by atoms with E-state index in [1.54, 1.807) is 11.6 Å². The van der Waals surface area contributed by atoms with Crippen LogP contribution in [0.2, 0.25) is 0 Å². The number of rotatable bonds is 6. The van der Waals surface area contributed by atoms with Crippen molar-refractivity contribution in [2.45, 2.75) is 37.8 Å². The fraction of sp³-hybridized carbons (Fsp3) is 0.286. The van der Waals surface area contributed by atoms with E-state index in [2.05, 4.69) is 47.8 Å². The summed E-state index contributed by atoms with van der Waals surface area (Å²) in [4.78, 5) is 11.0. The van der Waals surface area contributed by atoms with E-state index < -0.39 is 5.91 Å². The van der Waals surface area contributed by atoms with Crippen molar-refractivity contribution in [2.24, 2.45) is 0 Å². The van der Waals surface area contributed by atoms with Crippen molar-refractivity contribution in [3.63, 3.8) is 0 Å². The lowest BCUT2D eigenvalue weighted by Crippen LogP contribution is -2.24. The Balaban J connectivity index is 1.51. The average Bonchev–Trinajstić information content (AvgIpc) is 3.14. The molecule has 130 valence electrons. The minimum absolute atomic E-state index is 0.402. The van der Waals surface area contributed by atoms with Gasteiger partial charge in [-0.2, -0.15) is 0 Å². The third kappa shape index (κ3) is 5.02. The second-order valence-electron chi connectivity index (χ2n) is 6.49. The number of hydrogen-bond donors (Lipinski definition) is 3. The predicted molar refractivity (Wildman–Crippen MR) is 99.1 cm³/mol. The molecular formula is C21H24N2O2. The zero-order valence-electron chi connectivity index (χ0n) is 14.2. The summed E-state index contributed by atoms with van der Waals surface area (Å²) in [6, 6.07) is 19.8. The molecule has 0 bridgehead atoms. The van der Waals surface area contributed by atoms with Crippen LogP contribution in [0.1, 0.15) is 42.0 Å². The molecule has 0 spiro atoms. The zero-order chi connectivity index (χ0) is 17.5. The fourth-order valence-corrected chi connectivity index (χ4v) is 3.34. The molecular weight excluding hydrogens is 312 g/mol. The maximum atomic E-state index is 11.0. The molecule has 1 saturated heterocycles. The van der Waals surface area contributed by atoms with Crippen molar-refractivity contribution < 1.29 is 10.0 Å². The summed E-state index contributed by atoms with van der Waals surface area (Å²) in [7, 11) is 0. The van der Waals surface area contributed by atoms with E-state index in [0.29, 0.717) is 12.1 Å². The summed E-state index contributed by atoms with van der Waals surface area (Å²) < 4.78 is 0. The van der Waals surface area contributed by atoms with E-state index in [-0.39, 0.29) is 0 Å². The number of amides is 1. The first-order valence-electron chi connectivity index (χ1n) is 8.76. The van der Waals surface area contributed by atoms with E-state index >= 15 is 0 Å². The molecule has 3 rings (SSSR count). The number of benzene rings is 2. The summed E-state index contributed by atoms with van der Waals surface area (Å²) in [6.07, 6.45) is 7.62. The van der Waals surface area contributed by atoms with Gasteiger partial charge in [-0.1, -0.05) is 54.6 Å². The molecule has 1 heterocycles. The molecule has 1 aliphatic rings. The molecule has 1 amide bonds. The topological polar surface area (TPSA) is 61.4 Å². The van der Waals surface area contributed by atoms with Crippen LogP contribution >= 0.6 is 0 Å². The van der Waals surface area contributed by atoms with Gasteiger partial charge in [-0.05, 0) is 48.4 Å². The Kier molecular flexibility index (Phi) is 5.99. The minimum atomic E-state index is -0.525. The van der Waals surface area contributed by atoms with E-state index in [1.807, 2.05) is 12.1 Å². The van der Waals surface area contributed by atoms with Gasteiger partial charge in [-0.25, -0.2) is 5.48 Å². The van der Waals surface area contributed by atoms with Crippen LogP contribution in [-0.2, 0) is 11.2 Å². The van der Waals surface area contributed by atoms with Gasteiger partial charge in [0, 0.05) is 18.2 Å². The van der Waals surface area contributed by atoms with Crippen molar-refractivity contribution in [1.82, 2.24) is 10.8 Å². The molecule has 4 heteroatoms. The normalized spacial score (nSPS) is 20.0. The monoisotopic (exact) mass is 336 g/mol. The van der Waals surface area contributed by atoms with Crippen LogP contribution in [0.25, 0.3) is 6.08 Å². The summed E-state index contributed by atoms with van der Waals surface area (Å²) in [5, 5.41) is 12.2. The van der Waals surface area contributed by atoms with Gasteiger partial charge in [0.2, 0.25) is 0 Å². The van der Waals surface area contributed by atoms with E-state index in [4.69, 9.17) is 5.21 Å². The van der Waals surface area contributed by atoms with Gasteiger partial charge in [0.25, 0.3) is 5.91 Å². The smallest absolute Gasteiger partial charge is 0.267 e. The molecule has 2 unspecified atom stereocenters.